The fourth-order valence-electron chi connectivity index (χ4n) is 1.91. The molecule has 0 saturated carbocycles. The van der Waals surface area contributed by atoms with Gasteiger partial charge in [0.2, 0.25) is 15.9 Å². The number of benzene rings is 1. The van der Waals surface area contributed by atoms with Gasteiger partial charge in [0.25, 0.3) is 0 Å². The van der Waals surface area contributed by atoms with Crippen LogP contribution in [0.25, 0.3) is 0 Å². The molecular formula is C14H18ClF3N2O4S. The molecule has 0 aliphatic carbocycles. The van der Waals surface area contributed by atoms with Gasteiger partial charge in [-0.05, 0) is 25.1 Å². The summed E-state index contributed by atoms with van der Waals surface area (Å²) >= 11 is 5.45. The summed E-state index contributed by atoms with van der Waals surface area (Å²) in [5.74, 6) is -0.417. The Morgan fingerprint density at radius 3 is 2.56 bits per heavy atom. The van der Waals surface area contributed by atoms with Crippen LogP contribution < -0.4 is 10.0 Å². The Kier molecular flexibility index (Phi) is 7.66. The Labute approximate surface area is 148 Å². The molecule has 0 heterocycles. The van der Waals surface area contributed by atoms with Crippen LogP contribution in [0.4, 0.5) is 13.2 Å². The fourth-order valence-corrected chi connectivity index (χ4v) is 3.19. The van der Waals surface area contributed by atoms with Crippen LogP contribution >= 0.6 is 11.6 Å². The van der Waals surface area contributed by atoms with E-state index in [-0.39, 0.29) is 19.0 Å². The van der Waals surface area contributed by atoms with Gasteiger partial charge < -0.3 is 10.1 Å². The molecule has 0 radical (unpaired) electrons. The third-order valence-corrected chi connectivity index (χ3v) is 4.81. The first kappa shape index (κ1) is 21.7. The van der Waals surface area contributed by atoms with E-state index in [1.807, 2.05) is 0 Å². The predicted octanol–water partition coefficient (Wildman–Crippen LogP) is 2.18. The van der Waals surface area contributed by atoms with Crippen LogP contribution in [-0.4, -0.2) is 40.6 Å². The van der Waals surface area contributed by atoms with Crippen molar-refractivity contribution in [3.63, 3.8) is 0 Å². The van der Waals surface area contributed by atoms with Gasteiger partial charge in [0.05, 0.1) is 22.1 Å². The minimum atomic E-state index is -4.78. The first-order chi connectivity index (χ1) is 11.5. The third kappa shape index (κ3) is 6.81. The number of carbonyl (C=O) groups excluding carboxylic acids is 1. The van der Waals surface area contributed by atoms with Crippen LogP contribution in [0.2, 0.25) is 5.02 Å². The maximum absolute atomic E-state index is 12.8. The minimum absolute atomic E-state index is 0.174. The standard InChI is InChI=1S/C14H18ClF3N2O4S/c1-9(8-24-2)20-13(21)5-6-19-25(22,23)10-3-4-12(15)11(7-10)14(16,17)18/h3-4,7,9,19H,5-6,8H2,1-2H3,(H,20,21). The lowest BCUT2D eigenvalue weighted by Crippen LogP contribution is -2.37. The maximum Gasteiger partial charge on any atom is 0.417 e. The van der Waals surface area contributed by atoms with Crippen molar-refractivity contribution >= 4 is 27.5 Å². The monoisotopic (exact) mass is 402 g/mol. The summed E-state index contributed by atoms with van der Waals surface area (Å²) in [7, 11) is -2.74. The highest BCUT2D eigenvalue weighted by molar-refractivity contribution is 7.89. The number of carbonyl (C=O) groups is 1. The lowest BCUT2D eigenvalue weighted by molar-refractivity contribution is -0.137. The van der Waals surface area contributed by atoms with E-state index in [0.29, 0.717) is 12.7 Å². The predicted molar refractivity (Wildman–Crippen MR) is 85.7 cm³/mol. The SMILES string of the molecule is COCC(C)NC(=O)CCNS(=O)(=O)c1ccc(Cl)c(C(F)(F)F)c1. The molecule has 25 heavy (non-hydrogen) atoms. The Balaban J connectivity index is 2.72. The molecule has 0 fully saturated rings. The van der Waals surface area contributed by atoms with Crippen molar-refractivity contribution in [2.24, 2.45) is 0 Å². The summed E-state index contributed by atoms with van der Waals surface area (Å²) in [4.78, 5) is 11.0. The molecule has 0 spiro atoms. The Bertz CT molecular complexity index is 711. The van der Waals surface area contributed by atoms with E-state index in [1.165, 1.54) is 7.11 Å². The number of nitrogens with one attached hydrogen (secondary N) is 2. The van der Waals surface area contributed by atoms with Crippen LogP contribution in [0.5, 0.6) is 0 Å². The lowest BCUT2D eigenvalue weighted by Gasteiger charge is -2.13. The number of alkyl halides is 3. The zero-order chi connectivity index (χ0) is 19.3. The van der Waals surface area contributed by atoms with Crippen molar-refractivity contribution in [2.75, 3.05) is 20.3 Å². The smallest absolute Gasteiger partial charge is 0.383 e. The number of hydrogen-bond donors (Lipinski definition) is 2. The largest absolute Gasteiger partial charge is 0.417 e. The zero-order valence-corrected chi connectivity index (χ0v) is 15.1. The summed E-state index contributed by atoms with van der Waals surface area (Å²) in [5.41, 5.74) is -1.25. The second-order valence-electron chi connectivity index (χ2n) is 5.21. The van der Waals surface area contributed by atoms with Gasteiger partial charge in [-0.2, -0.15) is 13.2 Å². The van der Waals surface area contributed by atoms with Crippen LogP contribution in [-0.2, 0) is 25.7 Å². The number of methoxy groups -OCH3 is 1. The van der Waals surface area contributed by atoms with E-state index >= 15 is 0 Å². The van der Waals surface area contributed by atoms with Crippen molar-refractivity contribution in [3.05, 3.63) is 28.8 Å². The molecule has 1 rings (SSSR count). The Morgan fingerprint density at radius 2 is 2.00 bits per heavy atom. The van der Waals surface area contributed by atoms with Gasteiger partial charge in [-0.15, -0.1) is 0 Å². The third-order valence-electron chi connectivity index (χ3n) is 3.02. The van der Waals surface area contributed by atoms with Crippen molar-refractivity contribution in [2.45, 2.75) is 30.5 Å². The van der Waals surface area contributed by atoms with E-state index < -0.39 is 37.6 Å². The summed E-state index contributed by atoms with van der Waals surface area (Å²) < 4.78 is 69.4. The lowest BCUT2D eigenvalue weighted by atomic mass is 10.2. The fraction of sp³-hybridized carbons (Fsp3) is 0.500. The summed E-state index contributed by atoms with van der Waals surface area (Å²) in [6.45, 7) is 1.73. The highest BCUT2D eigenvalue weighted by Crippen LogP contribution is 2.35. The molecule has 142 valence electrons. The highest BCUT2D eigenvalue weighted by atomic mass is 35.5. The van der Waals surface area contributed by atoms with Gasteiger partial charge in [0.1, 0.15) is 0 Å². The number of sulfonamides is 1. The second-order valence-corrected chi connectivity index (χ2v) is 7.39. The van der Waals surface area contributed by atoms with Crippen molar-refractivity contribution in [3.8, 4) is 0 Å². The van der Waals surface area contributed by atoms with Gasteiger partial charge in [-0.1, -0.05) is 11.6 Å². The molecule has 1 aromatic rings. The van der Waals surface area contributed by atoms with E-state index in [9.17, 15) is 26.4 Å². The summed E-state index contributed by atoms with van der Waals surface area (Å²) in [5, 5.41) is 1.98. The van der Waals surface area contributed by atoms with E-state index in [2.05, 4.69) is 10.0 Å². The number of ether oxygens (including phenoxy) is 1. The highest BCUT2D eigenvalue weighted by Gasteiger charge is 2.34. The average molecular weight is 403 g/mol. The summed E-state index contributed by atoms with van der Waals surface area (Å²) in [6, 6.07) is 2.02. The number of halogens is 4. The minimum Gasteiger partial charge on any atom is -0.383 e. The van der Waals surface area contributed by atoms with Crippen molar-refractivity contribution in [1.82, 2.24) is 10.0 Å². The van der Waals surface area contributed by atoms with E-state index in [0.717, 1.165) is 12.1 Å². The molecule has 0 saturated heterocycles. The topological polar surface area (TPSA) is 84.5 Å². The molecule has 0 aromatic heterocycles. The van der Waals surface area contributed by atoms with Crippen LogP contribution in [0.3, 0.4) is 0 Å². The summed E-state index contributed by atoms with van der Waals surface area (Å²) in [6.07, 6.45) is -4.95. The van der Waals surface area contributed by atoms with Gasteiger partial charge in [0.15, 0.2) is 0 Å². The second kappa shape index (κ2) is 8.84. The molecule has 1 amide bonds. The van der Waals surface area contributed by atoms with Crippen molar-refractivity contribution in [1.29, 1.82) is 0 Å². The molecule has 2 N–H and O–H groups in total. The molecule has 0 aliphatic rings. The number of hydrogen-bond acceptors (Lipinski definition) is 4. The molecule has 6 nitrogen and oxygen atoms in total. The normalized spacial score (nSPS) is 13.5. The van der Waals surface area contributed by atoms with Crippen LogP contribution in [0.15, 0.2) is 23.1 Å². The number of amides is 1. The molecule has 0 bridgehead atoms. The quantitative estimate of drug-likeness (QED) is 0.698. The average Bonchev–Trinajstić information content (AvgIpc) is 2.46. The van der Waals surface area contributed by atoms with Gasteiger partial charge >= 0.3 is 6.18 Å². The van der Waals surface area contributed by atoms with E-state index in [4.69, 9.17) is 16.3 Å². The molecular weight excluding hydrogens is 385 g/mol. The Hall–Kier alpha value is -1.36. The van der Waals surface area contributed by atoms with Crippen LogP contribution in [0, 0.1) is 0 Å². The number of rotatable bonds is 8. The van der Waals surface area contributed by atoms with Crippen molar-refractivity contribution < 1.29 is 31.1 Å². The van der Waals surface area contributed by atoms with E-state index in [1.54, 1.807) is 6.92 Å². The first-order valence-electron chi connectivity index (χ1n) is 7.12. The van der Waals surface area contributed by atoms with Gasteiger partial charge in [0, 0.05) is 26.1 Å². The Morgan fingerprint density at radius 1 is 1.36 bits per heavy atom. The van der Waals surface area contributed by atoms with Gasteiger partial charge in [-0.25, -0.2) is 13.1 Å². The molecule has 1 aromatic carbocycles. The molecule has 0 aliphatic heterocycles. The van der Waals surface area contributed by atoms with Gasteiger partial charge in [-0.3, -0.25) is 4.79 Å². The van der Waals surface area contributed by atoms with Crippen LogP contribution in [0.1, 0.15) is 18.9 Å². The zero-order valence-electron chi connectivity index (χ0n) is 13.5. The first-order valence-corrected chi connectivity index (χ1v) is 8.98. The molecule has 1 unspecified atom stereocenters. The maximum atomic E-state index is 12.8. The molecule has 11 heteroatoms. The molecule has 1 atom stereocenters.